The van der Waals surface area contributed by atoms with Gasteiger partial charge in [0.2, 0.25) is 0 Å². The van der Waals surface area contributed by atoms with Crippen LogP contribution in [0.15, 0.2) is 12.3 Å². The summed E-state index contributed by atoms with van der Waals surface area (Å²) in [5.41, 5.74) is 2.15. The predicted molar refractivity (Wildman–Crippen MR) is 70.0 cm³/mol. The first kappa shape index (κ1) is 13.7. The molecule has 6 nitrogen and oxygen atoms in total. The topological polar surface area (TPSA) is 74.5 Å². The van der Waals surface area contributed by atoms with E-state index in [-0.39, 0.29) is 17.3 Å². The highest BCUT2D eigenvalue weighted by molar-refractivity contribution is 5.95. The molecule has 2 rings (SSSR count). The van der Waals surface area contributed by atoms with Gasteiger partial charge in [-0.2, -0.15) is 0 Å². The molecule has 1 aliphatic heterocycles. The van der Waals surface area contributed by atoms with Crippen molar-refractivity contribution in [3.63, 3.8) is 0 Å². The molecule has 0 bridgehead atoms. The molecule has 1 atom stereocenters. The number of nitrogens with one attached hydrogen (secondary N) is 1. The van der Waals surface area contributed by atoms with Crippen LogP contribution in [0.25, 0.3) is 0 Å². The maximum Gasteiger partial charge on any atom is 0.257 e. The Bertz CT molecular complexity index is 479. The number of halogens is 1. The molecule has 0 aliphatic carbocycles. The van der Waals surface area contributed by atoms with Crippen LogP contribution < -0.4 is 11.3 Å². The number of hydrazine groups is 1. The number of carbonyl (C=O) groups excluding carboxylic acids is 1. The lowest BCUT2D eigenvalue weighted by Gasteiger charge is -2.20. The second kappa shape index (κ2) is 5.50. The smallest absolute Gasteiger partial charge is 0.257 e. The second-order valence-electron chi connectivity index (χ2n) is 4.82. The Morgan fingerprint density at radius 1 is 1.63 bits per heavy atom. The van der Waals surface area contributed by atoms with Gasteiger partial charge in [-0.05, 0) is 26.6 Å². The van der Waals surface area contributed by atoms with Crippen molar-refractivity contribution in [1.82, 2.24) is 14.8 Å². The quantitative estimate of drug-likeness (QED) is 0.608. The molecule has 1 aromatic heterocycles. The molecule has 7 heteroatoms. The summed E-state index contributed by atoms with van der Waals surface area (Å²) in [6.45, 7) is 1.24. The molecular weight excluding hydrogens is 249 g/mol. The SMILES string of the molecule is CN(C)C1CCN(C(=O)c2ccnc(NN)c2F)C1. The van der Waals surface area contributed by atoms with Crippen LogP contribution >= 0.6 is 0 Å². The Morgan fingerprint density at radius 2 is 2.37 bits per heavy atom. The molecule has 3 N–H and O–H groups in total. The number of nitrogen functional groups attached to an aromatic ring is 1. The van der Waals surface area contributed by atoms with E-state index >= 15 is 0 Å². The Kier molecular flexibility index (Phi) is 3.96. The summed E-state index contributed by atoms with van der Waals surface area (Å²) in [5, 5.41) is 0. The third-order valence-electron chi connectivity index (χ3n) is 3.44. The highest BCUT2D eigenvalue weighted by Crippen LogP contribution is 2.20. The van der Waals surface area contributed by atoms with Crippen molar-refractivity contribution in [3.8, 4) is 0 Å². The lowest BCUT2D eigenvalue weighted by Crippen LogP contribution is -2.35. The van der Waals surface area contributed by atoms with E-state index in [9.17, 15) is 9.18 Å². The number of hydrogen-bond donors (Lipinski definition) is 2. The zero-order valence-electron chi connectivity index (χ0n) is 11.1. The Morgan fingerprint density at radius 3 is 2.95 bits per heavy atom. The number of rotatable bonds is 3. The number of aromatic nitrogens is 1. The van der Waals surface area contributed by atoms with E-state index < -0.39 is 5.82 Å². The van der Waals surface area contributed by atoms with Crippen LogP contribution in [0.2, 0.25) is 0 Å². The van der Waals surface area contributed by atoms with E-state index in [4.69, 9.17) is 5.84 Å². The van der Waals surface area contributed by atoms with Gasteiger partial charge < -0.3 is 15.2 Å². The summed E-state index contributed by atoms with van der Waals surface area (Å²) < 4.78 is 14.0. The van der Waals surface area contributed by atoms with Crippen LogP contribution in [0.5, 0.6) is 0 Å². The van der Waals surface area contributed by atoms with Crippen LogP contribution in [-0.4, -0.2) is 53.9 Å². The third-order valence-corrected chi connectivity index (χ3v) is 3.44. The van der Waals surface area contributed by atoms with Crippen molar-refractivity contribution in [1.29, 1.82) is 0 Å². The van der Waals surface area contributed by atoms with Gasteiger partial charge in [0.15, 0.2) is 11.6 Å². The van der Waals surface area contributed by atoms with E-state index in [1.165, 1.54) is 12.3 Å². The van der Waals surface area contributed by atoms with E-state index in [0.29, 0.717) is 19.1 Å². The highest BCUT2D eigenvalue weighted by Gasteiger charge is 2.29. The molecule has 1 amide bonds. The van der Waals surface area contributed by atoms with Gasteiger partial charge in [0.05, 0.1) is 5.56 Å². The molecule has 0 aromatic carbocycles. The second-order valence-corrected chi connectivity index (χ2v) is 4.82. The number of pyridine rings is 1. The van der Waals surface area contributed by atoms with Gasteiger partial charge in [-0.1, -0.05) is 0 Å². The van der Waals surface area contributed by atoms with Crippen molar-refractivity contribution in [2.45, 2.75) is 12.5 Å². The van der Waals surface area contributed by atoms with Crippen LogP contribution in [-0.2, 0) is 0 Å². The number of nitrogens with two attached hydrogens (primary N) is 1. The molecule has 0 radical (unpaired) electrons. The Labute approximate surface area is 111 Å². The summed E-state index contributed by atoms with van der Waals surface area (Å²) in [7, 11) is 3.95. The fourth-order valence-corrected chi connectivity index (χ4v) is 2.23. The fourth-order valence-electron chi connectivity index (χ4n) is 2.23. The normalized spacial score (nSPS) is 19.0. The van der Waals surface area contributed by atoms with Gasteiger partial charge in [-0.25, -0.2) is 15.2 Å². The van der Waals surface area contributed by atoms with E-state index in [2.05, 4.69) is 15.3 Å². The van der Waals surface area contributed by atoms with Crippen molar-refractivity contribution in [3.05, 3.63) is 23.6 Å². The van der Waals surface area contributed by atoms with Gasteiger partial charge in [0.1, 0.15) is 0 Å². The summed E-state index contributed by atoms with van der Waals surface area (Å²) in [6, 6.07) is 1.70. The van der Waals surface area contributed by atoms with Crippen LogP contribution in [0.4, 0.5) is 10.2 Å². The molecular formula is C12H18FN5O. The number of nitrogens with zero attached hydrogens (tertiary/aromatic N) is 3. The number of amides is 1. The van der Waals surface area contributed by atoms with Crippen molar-refractivity contribution in [2.75, 3.05) is 32.6 Å². The Balaban J connectivity index is 2.17. The maximum absolute atomic E-state index is 14.0. The van der Waals surface area contributed by atoms with Crippen LogP contribution in [0.1, 0.15) is 16.8 Å². The van der Waals surface area contributed by atoms with Crippen molar-refractivity contribution < 1.29 is 9.18 Å². The van der Waals surface area contributed by atoms with Crippen LogP contribution in [0, 0.1) is 5.82 Å². The van der Waals surface area contributed by atoms with Gasteiger partial charge in [0, 0.05) is 25.3 Å². The monoisotopic (exact) mass is 267 g/mol. The number of likely N-dealkylation sites (N-methyl/N-ethyl adjacent to an activating group) is 1. The van der Waals surface area contributed by atoms with Gasteiger partial charge in [-0.3, -0.25) is 4.79 Å². The Hall–Kier alpha value is -1.73. The van der Waals surface area contributed by atoms with E-state index in [1.54, 1.807) is 4.90 Å². The zero-order chi connectivity index (χ0) is 14.0. The first-order chi connectivity index (χ1) is 9.04. The summed E-state index contributed by atoms with van der Waals surface area (Å²) in [5.74, 6) is 4.01. The van der Waals surface area contributed by atoms with Crippen LogP contribution in [0.3, 0.4) is 0 Å². The van der Waals surface area contributed by atoms with Gasteiger partial charge in [0.25, 0.3) is 5.91 Å². The predicted octanol–water partition coefficient (Wildman–Crippen LogP) is 0.282. The maximum atomic E-state index is 14.0. The minimum absolute atomic E-state index is 0.00218. The molecule has 1 saturated heterocycles. The minimum atomic E-state index is -0.705. The summed E-state index contributed by atoms with van der Waals surface area (Å²) >= 11 is 0. The number of carbonyl (C=O) groups is 1. The van der Waals surface area contributed by atoms with Crippen molar-refractivity contribution >= 4 is 11.7 Å². The zero-order valence-corrected chi connectivity index (χ0v) is 11.1. The van der Waals surface area contributed by atoms with Crippen molar-refractivity contribution in [2.24, 2.45) is 5.84 Å². The average molecular weight is 267 g/mol. The minimum Gasteiger partial charge on any atom is -0.337 e. The van der Waals surface area contributed by atoms with Gasteiger partial charge >= 0.3 is 0 Å². The standard InChI is InChI=1S/C12H18FN5O/c1-17(2)8-4-6-18(7-8)12(19)9-3-5-15-11(16-14)10(9)13/h3,5,8H,4,6-7,14H2,1-2H3,(H,15,16). The highest BCUT2D eigenvalue weighted by atomic mass is 19.1. The summed E-state index contributed by atoms with van der Waals surface area (Å²) in [4.78, 5) is 19.7. The third kappa shape index (κ3) is 2.66. The lowest BCUT2D eigenvalue weighted by atomic mass is 10.2. The first-order valence-electron chi connectivity index (χ1n) is 6.11. The first-order valence-corrected chi connectivity index (χ1v) is 6.11. The lowest BCUT2D eigenvalue weighted by molar-refractivity contribution is 0.0778. The molecule has 1 aromatic rings. The molecule has 104 valence electrons. The number of anilines is 1. The molecule has 0 saturated carbocycles. The molecule has 19 heavy (non-hydrogen) atoms. The van der Waals surface area contributed by atoms with Gasteiger partial charge in [-0.15, -0.1) is 0 Å². The molecule has 1 fully saturated rings. The fraction of sp³-hybridized carbons (Fsp3) is 0.500. The van der Waals surface area contributed by atoms with E-state index in [1.807, 2.05) is 14.1 Å². The largest absolute Gasteiger partial charge is 0.337 e. The molecule has 1 aliphatic rings. The van der Waals surface area contributed by atoms with E-state index in [0.717, 1.165) is 6.42 Å². The number of likely N-dealkylation sites (tertiary alicyclic amines) is 1. The molecule has 1 unspecified atom stereocenters. The summed E-state index contributed by atoms with van der Waals surface area (Å²) in [6.07, 6.45) is 2.26. The number of hydrogen-bond acceptors (Lipinski definition) is 5. The molecule has 0 spiro atoms. The molecule has 2 heterocycles. The average Bonchev–Trinajstić information content (AvgIpc) is 2.88.